The van der Waals surface area contributed by atoms with Crippen molar-refractivity contribution in [2.24, 2.45) is 9.98 Å². The monoisotopic (exact) mass is 307 g/mol. The summed E-state index contributed by atoms with van der Waals surface area (Å²) >= 11 is 0. The molecule has 0 N–H and O–H groups in total. The van der Waals surface area contributed by atoms with Crippen LogP contribution in [-0.4, -0.2) is 4.98 Å². The highest BCUT2D eigenvalue weighted by atomic mass is 14.9. The van der Waals surface area contributed by atoms with Crippen LogP contribution in [0, 0.1) is 0 Å². The standard InChI is InChI=1S/C21H13N3/c1-3-7-16-13(5-1)15-9-12-10-20-21(24-18(12)11-19(15)22-16)14-6-2-4-8-17(14)23-20/h1,3,5-11H,2,4H2. The molecule has 1 aliphatic carbocycles. The molecular formula is C21H13N3. The fourth-order valence-electron chi connectivity index (χ4n) is 3.84. The van der Waals surface area contributed by atoms with Crippen molar-refractivity contribution in [3.63, 3.8) is 0 Å². The van der Waals surface area contributed by atoms with Crippen molar-refractivity contribution < 1.29 is 0 Å². The van der Waals surface area contributed by atoms with E-state index in [1.807, 2.05) is 6.07 Å². The normalized spacial score (nSPS) is 16.3. The summed E-state index contributed by atoms with van der Waals surface area (Å²) in [5.41, 5.74) is 7.72. The molecule has 6 rings (SSSR count). The summed E-state index contributed by atoms with van der Waals surface area (Å²) in [6, 6.07) is 14.8. The van der Waals surface area contributed by atoms with E-state index in [9.17, 15) is 0 Å². The minimum absolute atomic E-state index is 0.991. The van der Waals surface area contributed by atoms with E-state index in [1.165, 1.54) is 16.7 Å². The molecule has 0 fully saturated rings. The topological polar surface area (TPSA) is 37.6 Å². The van der Waals surface area contributed by atoms with Crippen molar-refractivity contribution in [2.45, 2.75) is 12.8 Å². The zero-order chi connectivity index (χ0) is 15.7. The molecule has 24 heavy (non-hydrogen) atoms. The van der Waals surface area contributed by atoms with Gasteiger partial charge in [0.2, 0.25) is 0 Å². The van der Waals surface area contributed by atoms with Crippen LogP contribution in [0.15, 0.2) is 70.3 Å². The first kappa shape index (κ1) is 12.4. The van der Waals surface area contributed by atoms with Gasteiger partial charge in [-0.2, -0.15) is 0 Å². The molecular weight excluding hydrogens is 294 g/mol. The third-order valence-corrected chi connectivity index (χ3v) is 4.97. The van der Waals surface area contributed by atoms with Crippen molar-refractivity contribution in [1.82, 2.24) is 4.98 Å². The Bertz CT molecular complexity index is 1250. The molecule has 0 saturated carbocycles. The Balaban J connectivity index is 1.67. The molecule has 3 heteroatoms. The molecule has 0 atom stereocenters. The van der Waals surface area contributed by atoms with Crippen LogP contribution in [0.25, 0.3) is 27.6 Å². The lowest BCUT2D eigenvalue weighted by Gasteiger charge is -2.07. The molecule has 0 spiro atoms. The maximum Gasteiger partial charge on any atom is 0.0984 e. The van der Waals surface area contributed by atoms with Crippen LogP contribution in [0.4, 0.5) is 5.69 Å². The first-order valence-electron chi connectivity index (χ1n) is 8.29. The van der Waals surface area contributed by atoms with Gasteiger partial charge in [-0.15, -0.1) is 0 Å². The SMILES string of the molecule is C1=C2N=c3cc4cc5c(cc4nc3C2=CCC1)=Nc1ccccc1-5. The highest BCUT2D eigenvalue weighted by molar-refractivity contribution is 5.91. The van der Waals surface area contributed by atoms with Gasteiger partial charge >= 0.3 is 0 Å². The van der Waals surface area contributed by atoms with Crippen molar-refractivity contribution in [1.29, 1.82) is 0 Å². The van der Waals surface area contributed by atoms with Gasteiger partial charge in [-0.05, 0) is 37.1 Å². The Morgan fingerprint density at radius 3 is 2.71 bits per heavy atom. The van der Waals surface area contributed by atoms with Crippen molar-refractivity contribution in [3.05, 3.63) is 76.7 Å². The van der Waals surface area contributed by atoms with Gasteiger partial charge in [0.05, 0.1) is 33.3 Å². The van der Waals surface area contributed by atoms with Crippen LogP contribution in [0.2, 0.25) is 0 Å². The molecule has 1 aromatic heterocycles. The Morgan fingerprint density at radius 1 is 0.792 bits per heavy atom. The van der Waals surface area contributed by atoms with E-state index < -0.39 is 0 Å². The minimum Gasteiger partial charge on any atom is -0.248 e. The van der Waals surface area contributed by atoms with Crippen LogP contribution < -0.4 is 10.7 Å². The maximum absolute atomic E-state index is 4.92. The van der Waals surface area contributed by atoms with Crippen molar-refractivity contribution in [3.8, 4) is 11.1 Å². The second-order valence-corrected chi connectivity index (χ2v) is 6.44. The van der Waals surface area contributed by atoms with Crippen LogP contribution >= 0.6 is 0 Å². The average molecular weight is 307 g/mol. The average Bonchev–Trinajstić information content (AvgIpc) is 3.15. The minimum atomic E-state index is 0.991. The van der Waals surface area contributed by atoms with E-state index in [-0.39, 0.29) is 0 Å². The van der Waals surface area contributed by atoms with Crippen LogP contribution in [0.1, 0.15) is 18.5 Å². The first-order chi connectivity index (χ1) is 11.9. The zero-order valence-corrected chi connectivity index (χ0v) is 13.0. The summed E-state index contributed by atoms with van der Waals surface area (Å²) in [7, 11) is 0. The van der Waals surface area contributed by atoms with Gasteiger partial charge in [0.1, 0.15) is 0 Å². The Kier molecular flexibility index (Phi) is 2.20. The number of hydrogen-bond donors (Lipinski definition) is 0. The molecule has 2 aromatic carbocycles. The zero-order valence-electron chi connectivity index (χ0n) is 13.0. The quantitative estimate of drug-likeness (QED) is 0.486. The molecule has 3 nitrogen and oxygen atoms in total. The van der Waals surface area contributed by atoms with Crippen molar-refractivity contribution >= 4 is 22.2 Å². The van der Waals surface area contributed by atoms with Gasteiger partial charge < -0.3 is 0 Å². The number of pyridine rings is 1. The maximum atomic E-state index is 4.92. The second-order valence-electron chi connectivity index (χ2n) is 6.44. The van der Waals surface area contributed by atoms with E-state index in [0.29, 0.717) is 0 Å². The largest absolute Gasteiger partial charge is 0.248 e. The molecule has 0 radical (unpaired) electrons. The Morgan fingerprint density at radius 2 is 1.71 bits per heavy atom. The summed E-state index contributed by atoms with van der Waals surface area (Å²) in [5.74, 6) is 0. The molecule has 0 saturated heterocycles. The van der Waals surface area contributed by atoms with E-state index in [1.54, 1.807) is 0 Å². The number of para-hydroxylation sites is 1. The van der Waals surface area contributed by atoms with E-state index in [2.05, 4.69) is 48.6 Å². The Labute approximate surface area is 138 Å². The molecule has 0 amide bonds. The molecule has 3 aromatic rings. The fraction of sp³-hybridized carbons (Fsp3) is 0.0952. The van der Waals surface area contributed by atoms with E-state index in [4.69, 9.17) is 15.0 Å². The number of rotatable bonds is 0. The molecule has 0 unspecified atom stereocenters. The van der Waals surface area contributed by atoms with Crippen LogP contribution in [0.5, 0.6) is 0 Å². The van der Waals surface area contributed by atoms with Gasteiger partial charge in [0.25, 0.3) is 0 Å². The molecule has 112 valence electrons. The van der Waals surface area contributed by atoms with Gasteiger partial charge in [-0.3, -0.25) is 0 Å². The summed E-state index contributed by atoms with van der Waals surface area (Å²) in [5, 5.41) is 3.13. The number of hydrogen-bond acceptors (Lipinski definition) is 3. The van der Waals surface area contributed by atoms with Crippen LogP contribution in [0.3, 0.4) is 0 Å². The lowest BCUT2D eigenvalue weighted by molar-refractivity contribution is 1.02. The number of benzene rings is 2. The number of nitrogens with zero attached hydrogens (tertiary/aromatic N) is 3. The first-order valence-corrected chi connectivity index (χ1v) is 8.29. The summed E-state index contributed by atoms with van der Waals surface area (Å²) < 4.78 is 0. The third kappa shape index (κ3) is 1.54. The predicted molar refractivity (Wildman–Crippen MR) is 94.4 cm³/mol. The molecule has 3 heterocycles. The highest BCUT2D eigenvalue weighted by Crippen LogP contribution is 2.34. The highest BCUT2D eigenvalue weighted by Gasteiger charge is 2.21. The lowest BCUT2D eigenvalue weighted by atomic mass is 10.0. The summed E-state index contributed by atoms with van der Waals surface area (Å²) in [6.07, 6.45) is 6.62. The lowest BCUT2D eigenvalue weighted by Crippen LogP contribution is -2.09. The van der Waals surface area contributed by atoms with Crippen LogP contribution in [-0.2, 0) is 0 Å². The summed E-state index contributed by atoms with van der Waals surface area (Å²) in [6.45, 7) is 0. The molecule has 3 aliphatic rings. The number of aromatic nitrogens is 1. The van der Waals surface area contributed by atoms with Gasteiger partial charge in [0, 0.05) is 22.1 Å². The molecule has 0 bridgehead atoms. The summed E-state index contributed by atoms with van der Waals surface area (Å²) in [4.78, 5) is 14.4. The number of allylic oxidation sites excluding steroid dienone is 3. The van der Waals surface area contributed by atoms with Gasteiger partial charge in [0.15, 0.2) is 0 Å². The van der Waals surface area contributed by atoms with Gasteiger partial charge in [-0.25, -0.2) is 15.0 Å². The van der Waals surface area contributed by atoms with Crippen molar-refractivity contribution in [2.75, 3.05) is 0 Å². The smallest absolute Gasteiger partial charge is 0.0984 e. The van der Waals surface area contributed by atoms with E-state index >= 15 is 0 Å². The Hall–Kier alpha value is -3.07. The fourth-order valence-corrected chi connectivity index (χ4v) is 3.84. The second kappa shape index (κ2) is 4.26. The molecule has 2 aliphatic heterocycles. The third-order valence-electron chi connectivity index (χ3n) is 4.97. The van der Waals surface area contributed by atoms with Gasteiger partial charge in [-0.1, -0.05) is 30.4 Å². The van der Waals surface area contributed by atoms with E-state index in [0.717, 1.165) is 51.5 Å². The predicted octanol–water partition coefficient (Wildman–Crippen LogP) is 3.86. The number of fused-ring (bicyclic) bond motifs is 7.